The molecule has 0 amide bonds. The maximum Gasteiger partial charge on any atom is 0.292 e. The first kappa shape index (κ1) is 19.1. The number of isocyanates is 1. The van der Waals surface area contributed by atoms with Gasteiger partial charge in [0.2, 0.25) is 6.08 Å². The summed E-state index contributed by atoms with van der Waals surface area (Å²) in [5.74, 6) is 0.601. The summed E-state index contributed by atoms with van der Waals surface area (Å²) in [6.45, 7) is 4.95. The summed E-state index contributed by atoms with van der Waals surface area (Å²) in [4.78, 5) is 14.4. The van der Waals surface area contributed by atoms with Gasteiger partial charge in [0.05, 0.1) is 5.69 Å². The fraction of sp³-hybridized carbons (Fsp3) is 0.462. The van der Waals surface area contributed by atoms with Gasteiger partial charge in [0.1, 0.15) is 5.75 Å². The lowest BCUT2D eigenvalue weighted by Gasteiger charge is -2.70. The van der Waals surface area contributed by atoms with Gasteiger partial charge in [-0.25, -0.2) is 4.79 Å². The molecule has 0 aliphatic heterocycles. The molecule has 4 heteroatoms. The molecule has 4 fully saturated rings. The highest BCUT2D eigenvalue weighted by Gasteiger charge is 2.66. The van der Waals surface area contributed by atoms with Crippen molar-refractivity contribution in [3.05, 3.63) is 59.7 Å². The molecule has 30 heavy (non-hydrogen) atoms. The highest BCUT2D eigenvalue weighted by Crippen LogP contribution is 2.74. The second kappa shape index (κ2) is 6.30. The number of nitrogens with zero attached hydrogens (tertiary/aromatic N) is 2. The third-order valence-electron chi connectivity index (χ3n) is 7.88. The molecule has 152 valence electrons. The van der Waals surface area contributed by atoms with E-state index in [9.17, 15) is 4.79 Å². The van der Waals surface area contributed by atoms with Gasteiger partial charge in [-0.05, 0) is 95.6 Å². The maximum atomic E-state index is 10.6. The van der Waals surface area contributed by atoms with Crippen molar-refractivity contribution >= 4 is 11.8 Å². The molecule has 4 bridgehead atoms. The predicted octanol–water partition coefficient (Wildman–Crippen LogP) is 6.08. The Hall–Kier alpha value is -2.89. The largest absolute Gasteiger partial charge is 0.388 e. The van der Waals surface area contributed by atoms with Gasteiger partial charge in [-0.1, -0.05) is 38.1 Å². The number of ether oxygens (including phenoxy) is 1. The minimum absolute atomic E-state index is 0.142. The summed E-state index contributed by atoms with van der Waals surface area (Å²) in [5, 5.41) is 8.80. The predicted molar refractivity (Wildman–Crippen MR) is 114 cm³/mol. The summed E-state index contributed by atoms with van der Waals surface area (Å²) >= 11 is 0. The third kappa shape index (κ3) is 2.89. The second-order valence-electron chi connectivity index (χ2n) is 10.7. The quantitative estimate of drug-likeness (QED) is 0.356. The fourth-order valence-corrected chi connectivity index (χ4v) is 8.18. The molecule has 2 unspecified atom stereocenters. The van der Waals surface area contributed by atoms with E-state index in [1.807, 2.05) is 24.3 Å². The second-order valence-corrected chi connectivity index (χ2v) is 10.7. The Labute approximate surface area is 177 Å². The molecular formula is C26H26N2O2. The molecule has 4 saturated carbocycles. The molecule has 2 atom stereocenters. The van der Waals surface area contributed by atoms with E-state index < -0.39 is 0 Å². The van der Waals surface area contributed by atoms with Gasteiger partial charge < -0.3 is 4.74 Å². The summed E-state index contributed by atoms with van der Waals surface area (Å²) < 4.78 is 5.01. The van der Waals surface area contributed by atoms with Crippen LogP contribution in [0, 0.1) is 22.3 Å². The molecular weight excluding hydrogens is 372 g/mol. The van der Waals surface area contributed by atoms with Crippen molar-refractivity contribution in [3.63, 3.8) is 0 Å². The van der Waals surface area contributed by atoms with Gasteiger partial charge >= 0.3 is 0 Å². The zero-order valence-corrected chi connectivity index (χ0v) is 17.6. The first-order chi connectivity index (χ1) is 14.3. The lowest BCUT2D eigenvalue weighted by molar-refractivity contribution is -0.126. The zero-order valence-electron chi connectivity index (χ0n) is 17.6. The van der Waals surface area contributed by atoms with Crippen molar-refractivity contribution in [2.75, 3.05) is 0 Å². The SMILES string of the molecule is CC12CC3(C)CC(c4ccc(N=C=O)cc4)(C1)CC(c1ccc(OC#N)cc1)(C2)C3. The Morgan fingerprint density at radius 2 is 1.30 bits per heavy atom. The van der Waals surface area contributed by atoms with Crippen LogP contribution in [0.4, 0.5) is 5.69 Å². The Morgan fingerprint density at radius 3 is 1.77 bits per heavy atom. The van der Waals surface area contributed by atoms with Crippen molar-refractivity contribution in [2.24, 2.45) is 15.8 Å². The van der Waals surface area contributed by atoms with Crippen molar-refractivity contribution in [3.8, 4) is 12.0 Å². The third-order valence-corrected chi connectivity index (χ3v) is 7.88. The average molecular weight is 399 g/mol. The number of hydrogen-bond acceptors (Lipinski definition) is 4. The average Bonchev–Trinajstić information content (AvgIpc) is 2.67. The van der Waals surface area contributed by atoms with Crippen molar-refractivity contribution in [2.45, 2.75) is 63.2 Å². The van der Waals surface area contributed by atoms with Crippen LogP contribution in [0.2, 0.25) is 0 Å². The van der Waals surface area contributed by atoms with Crippen LogP contribution in [0.3, 0.4) is 0 Å². The van der Waals surface area contributed by atoms with E-state index in [2.05, 4.69) is 43.1 Å². The van der Waals surface area contributed by atoms with E-state index in [0.29, 0.717) is 22.3 Å². The minimum Gasteiger partial charge on any atom is -0.388 e. The normalized spacial score (nSPS) is 36.0. The molecule has 0 aromatic heterocycles. The van der Waals surface area contributed by atoms with Gasteiger partial charge in [-0.3, -0.25) is 0 Å². The number of hydrogen-bond donors (Lipinski definition) is 0. The number of carbonyl (C=O) groups excluding carboxylic acids is 1. The van der Waals surface area contributed by atoms with Gasteiger partial charge in [-0.15, -0.1) is 5.26 Å². The summed E-state index contributed by atoms with van der Waals surface area (Å²) in [6.07, 6.45) is 10.7. The lowest BCUT2D eigenvalue weighted by Crippen LogP contribution is -2.62. The maximum absolute atomic E-state index is 10.6. The number of nitriles is 1. The van der Waals surface area contributed by atoms with Crippen LogP contribution in [0.1, 0.15) is 63.5 Å². The first-order valence-electron chi connectivity index (χ1n) is 10.7. The molecule has 0 saturated heterocycles. The van der Waals surface area contributed by atoms with E-state index in [4.69, 9.17) is 10.00 Å². The Balaban J connectivity index is 1.59. The summed E-state index contributed by atoms with van der Waals surface area (Å²) in [6, 6.07) is 16.4. The summed E-state index contributed by atoms with van der Waals surface area (Å²) in [5.41, 5.74) is 4.31. The summed E-state index contributed by atoms with van der Waals surface area (Å²) in [7, 11) is 0. The molecule has 0 spiro atoms. The van der Waals surface area contributed by atoms with Gasteiger partial charge in [0, 0.05) is 0 Å². The molecule has 4 aliphatic rings. The first-order valence-corrected chi connectivity index (χ1v) is 10.7. The van der Waals surface area contributed by atoms with Crippen LogP contribution in [0.15, 0.2) is 53.5 Å². The van der Waals surface area contributed by atoms with E-state index in [1.165, 1.54) is 43.2 Å². The van der Waals surface area contributed by atoms with Crippen molar-refractivity contribution in [1.82, 2.24) is 0 Å². The van der Waals surface area contributed by atoms with Crippen LogP contribution >= 0.6 is 0 Å². The molecule has 6 rings (SSSR count). The van der Waals surface area contributed by atoms with Crippen molar-refractivity contribution in [1.29, 1.82) is 5.26 Å². The standard InChI is InChI=1S/C26H26N2O2/c1-23-11-24(2)13-25(12-23,19-3-7-21(8-4-19)28-18-29)16-26(14-23,15-24)20-5-9-22(10-6-20)30-17-27/h3-10H,11-16H2,1-2H3. The molecule has 2 aromatic carbocycles. The highest BCUT2D eigenvalue weighted by molar-refractivity contribution is 5.51. The van der Waals surface area contributed by atoms with Crippen LogP contribution in [0.5, 0.6) is 5.75 Å². The monoisotopic (exact) mass is 398 g/mol. The smallest absolute Gasteiger partial charge is 0.292 e. The minimum atomic E-state index is 0.142. The van der Waals surface area contributed by atoms with E-state index in [-0.39, 0.29) is 10.8 Å². The lowest BCUT2D eigenvalue weighted by atomic mass is 9.34. The Kier molecular flexibility index (Phi) is 4.01. The van der Waals surface area contributed by atoms with Crippen LogP contribution < -0.4 is 4.74 Å². The Morgan fingerprint density at radius 1 is 0.800 bits per heavy atom. The number of aliphatic imine (C=N–C) groups is 1. The van der Waals surface area contributed by atoms with Gasteiger partial charge in [0.25, 0.3) is 6.26 Å². The Bertz CT molecular complexity index is 1060. The number of benzene rings is 2. The van der Waals surface area contributed by atoms with Crippen LogP contribution in [0.25, 0.3) is 0 Å². The molecule has 0 radical (unpaired) electrons. The van der Waals surface area contributed by atoms with Crippen LogP contribution in [-0.2, 0) is 15.6 Å². The van der Waals surface area contributed by atoms with E-state index >= 15 is 0 Å². The van der Waals surface area contributed by atoms with Gasteiger partial charge in [0.15, 0.2) is 0 Å². The number of rotatable bonds is 4. The molecule has 0 heterocycles. The zero-order chi connectivity index (χ0) is 21.0. The fourth-order valence-electron chi connectivity index (χ4n) is 8.18. The van der Waals surface area contributed by atoms with Gasteiger partial charge in [-0.2, -0.15) is 4.99 Å². The van der Waals surface area contributed by atoms with Crippen LogP contribution in [-0.4, -0.2) is 6.08 Å². The molecule has 4 aliphatic carbocycles. The molecule has 0 N–H and O–H groups in total. The topological polar surface area (TPSA) is 62.4 Å². The van der Waals surface area contributed by atoms with E-state index in [1.54, 1.807) is 12.3 Å². The molecule has 2 aromatic rings. The van der Waals surface area contributed by atoms with Crippen molar-refractivity contribution < 1.29 is 9.53 Å². The highest BCUT2D eigenvalue weighted by atomic mass is 16.5. The molecule has 4 nitrogen and oxygen atoms in total. The van der Waals surface area contributed by atoms with E-state index in [0.717, 1.165) is 6.42 Å².